The van der Waals surface area contributed by atoms with Crippen LogP contribution in [-0.2, 0) is 14.3 Å². The summed E-state index contributed by atoms with van der Waals surface area (Å²) in [5.74, 6) is 2.04. The highest BCUT2D eigenvalue weighted by Crippen LogP contribution is 2.58. The lowest BCUT2D eigenvalue weighted by molar-refractivity contribution is -0.180. The molecule has 18 heavy (non-hydrogen) atoms. The molecule has 3 heteroatoms. The number of ketones is 1. The van der Waals surface area contributed by atoms with E-state index in [0.29, 0.717) is 24.2 Å². The van der Waals surface area contributed by atoms with Crippen LogP contribution in [0.1, 0.15) is 46.0 Å². The summed E-state index contributed by atoms with van der Waals surface area (Å²) in [6, 6.07) is 0. The normalized spacial score (nSPS) is 43.4. The zero-order chi connectivity index (χ0) is 12.8. The summed E-state index contributed by atoms with van der Waals surface area (Å²) in [7, 11) is 0. The predicted octanol–water partition coefficient (Wildman–Crippen LogP) is 2.78. The van der Waals surface area contributed by atoms with Crippen molar-refractivity contribution in [2.45, 2.75) is 52.2 Å². The van der Waals surface area contributed by atoms with Gasteiger partial charge in [-0.3, -0.25) is 4.79 Å². The third kappa shape index (κ3) is 2.12. The average molecular weight is 252 g/mol. The molecule has 3 nitrogen and oxygen atoms in total. The Morgan fingerprint density at radius 2 is 1.89 bits per heavy atom. The smallest absolute Gasteiger partial charge is 0.154 e. The summed E-state index contributed by atoms with van der Waals surface area (Å²) < 4.78 is 11.3. The number of hydrogen-bond donors (Lipinski definition) is 0. The van der Waals surface area contributed by atoms with Crippen LogP contribution in [0.5, 0.6) is 0 Å². The SMILES string of the molecule is CCOC(C)OCC12CC3CC(C1)C(=O)C(C3)C2. The van der Waals surface area contributed by atoms with Gasteiger partial charge in [-0.15, -0.1) is 0 Å². The molecule has 0 radical (unpaired) electrons. The van der Waals surface area contributed by atoms with E-state index in [1.807, 2.05) is 13.8 Å². The molecule has 0 aromatic heterocycles. The summed E-state index contributed by atoms with van der Waals surface area (Å²) in [4.78, 5) is 12.1. The topological polar surface area (TPSA) is 35.5 Å². The molecule has 0 spiro atoms. The quantitative estimate of drug-likeness (QED) is 0.706. The number of carbonyl (C=O) groups is 1. The average Bonchev–Trinajstić information content (AvgIpc) is 2.33. The molecule has 4 bridgehead atoms. The van der Waals surface area contributed by atoms with Crippen molar-refractivity contribution in [2.75, 3.05) is 13.2 Å². The van der Waals surface area contributed by atoms with Gasteiger partial charge in [-0.2, -0.15) is 0 Å². The fourth-order valence-electron chi connectivity index (χ4n) is 4.66. The van der Waals surface area contributed by atoms with Gasteiger partial charge in [0.2, 0.25) is 0 Å². The number of carbonyl (C=O) groups excluding carboxylic acids is 1. The van der Waals surface area contributed by atoms with Crippen molar-refractivity contribution in [3.05, 3.63) is 0 Å². The van der Waals surface area contributed by atoms with Crippen LogP contribution in [0.15, 0.2) is 0 Å². The van der Waals surface area contributed by atoms with Gasteiger partial charge in [-0.25, -0.2) is 0 Å². The minimum atomic E-state index is -0.112. The van der Waals surface area contributed by atoms with E-state index < -0.39 is 0 Å². The largest absolute Gasteiger partial charge is 0.353 e. The molecule has 4 aliphatic carbocycles. The Morgan fingerprint density at radius 1 is 1.22 bits per heavy atom. The second-order valence-electron chi connectivity index (χ2n) is 6.58. The second kappa shape index (κ2) is 4.61. The van der Waals surface area contributed by atoms with Crippen LogP contribution in [-0.4, -0.2) is 25.3 Å². The van der Waals surface area contributed by atoms with Crippen molar-refractivity contribution in [1.82, 2.24) is 0 Å². The monoisotopic (exact) mass is 252 g/mol. The van der Waals surface area contributed by atoms with E-state index in [1.165, 1.54) is 6.42 Å². The highest BCUT2D eigenvalue weighted by molar-refractivity contribution is 5.85. The third-order valence-corrected chi connectivity index (χ3v) is 5.15. The molecule has 0 aromatic carbocycles. The first-order chi connectivity index (χ1) is 8.62. The summed E-state index contributed by atoms with van der Waals surface area (Å²) >= 11 is 0. The highest BCUT2D eigenvalue weighted by atomic mass is 16.7. The van der Waals surface area contributed by atoms with Crippen molar-refractivity contribution < 1.29 is 14.3 Å². The molecule has 0 aromatic rings. The van der Waals surface area contributed by atoms with Gasteiger partial charge in [-0.05, 0) is 57.3 Å². The highest BCUT2D eigenvalue weighted by Gasteiger charge is 2.55. The van der Waals surface area contributed by atoms with E-state index in [9.17, 15) is 4.79 Å². The fraction of sp³-hybridized carbons (Fsp3) is 0.933. The maximum absolute atomic E-state index is 12.1. The summed E-state index contributed by atoms with van der Waals surface area (Å²) in [5, 5.41) is 0. The van der Waals surface area contributed by atoms with Gasteiger partial charge in [0, 0.05) is 18.4 Å². The molecule has 0 aliphatic heterocycles. The van der Waals surface area contributed by atoms with Gasteiger partial charge in [0.25, 0.3) is 0 Å². The van der Waals surface area contributed by atoms with E-state index in [1.54, 1.807) is 0 Å². The van der Waals surface area contributed by atoms with E-state index in [4.69, 9.17) is 9.47 Å². The summed E-state index contributed by atoms with van der Waals surface area (Å²) in [6.45, 7) is 5.43. The van der Waals surface area contributed by atoms with Crippen LogP contribution in [0, 0.1) is 23.2 Å². The van der Waals surface area contributed by atoms with E-state index >= 15 is 0 Å². The Morgan fingerprint density at radius 3 is 2.50 bits per heavy atom. The van der Waals surface area contributed by atoms with Gasteiger partial charge < -0.3 is 9.47 Å². The first kappa shape index (κ1) is 12.6. The lowest BCUT2D eigenvalue weighted by Gasteiger charge is -2.55. The van der Waals surface area contributed by atoms with Gasteiger partial charge >= 0.3 is 0 Å². The fourth-order valence-corrected chi connectivity index (χ4v) is 4.66. The van der Waals surface area contributed by atoms with Crippen LogP contribution < -0.4 is 0 Å². The zero-order valence-corrected chi connectivity index (χ0v) is 11.5. The molecule has 3 unspecified atom stereocenters. The molecule has 0 saturated heterocycles. The van der Waals surface area contributed by atoms with E-state index in [-0.39, 0.29) is 11.7 Å². The molecule has 0 heterocycles. The Kier molecular flexibility index (Phi) is 3.23. The number of rotatable bonds is 5. The summed E-state index contributed by atoms with van der Waals surface area (Å²) in [5.41, 5.74) is 0.287. The molecular formula is C15H24O3. The Balaban J connectivity index is 1.63. The van der Waals surface area contributed by atoms with Crippen molar-refractivity contribution in [3.63, 3.8) is 0 Å². The standard InChI is InChI=1S/C15H24O3/c1-3-17-10(2)18-9-15-6-11-4-12(7-15)14(16)13(5-11)8-15/h10-13H,3-9H2,1-2H3. The first-order valence-electron chi connectivity index (χ1n) is 7.39. The molecular weight excluding hydrogens is 228 g/mol. The Labute approximate surface area is 109 Å². The number of ether oxygens (including phenoxy) is 2. The molecule has 3 atom stereocenters. The van der Waals surface area contributed by atoms with E-state index in [0.717, 1.165) is 38.2 Å². The minimum Gasteiger partial charge on any atom is -0.353 e. The predicted molar refractivity (Wildman–Crippen MR) is 68.0 cm³/mol. The maximum Gasteiger partial charge on any atom is 0.154 e. The maximum atomic E-state index is 12.1. The Bertz CT molecular complexity index is 321. The van der Waals surface area contributed by atoms with Gasteiger partial charge in [0.05, 0.1) is 6.61 Å². The van der Waals surface area contributed by atoms with Crippen LogP contribution in [0.4, 0.5) is 0 Å². The lowest BCUT2D eigenvalue weighted by Crippen LogP contribution is -2.53. The molecule has 4 rings (SSSR count). The van der Waals surface area contributed by atoms with Gasteiger partial charge in [0.1, 0.15) is 5.78 Å². The molecule has 4 aliphatic rings. The molecule has 102 valence electrons. The number of Topliss-reactive ketones (excluding diaryl/α,β-unsaturated/α-hetero) is 1. The van der Waals surface area contributed by atoms with Gasteiger partial charge in [0.15, 0.2) is 6.29 Å². The summed E-state index contributed by atoms with van der Waals surface area (Å²) in [6.07, 6.45) is 5.59. The molecule has 4 saturated carbocycles. The second-order valence-corrected chi connectivity index (χ2v) is 6.58. The van der Waals surface area contributed by atoms with Crippen LogP contribution >= 0.6 is 0 Å². The molecule has 0 N–H and O–H groups in total. The van der Waals surface area contributed by atoms with Crippen molar-refractivity contribution in [3.8, 4) is 0 Å². The van der Waals surface area contributed by atoms with Crippen molar-refractivity contribution in [2.24, 2.45) is 23.2 Å². The minimum absolute atomic E-state index is 0.112. The molecule has 4 fully saturated rings. The first-order valence-corrected chi connectivity index (χ1v) is 7.39. The van der Waals surface area contributed by atoms with Crippen molar-refractivity contribution in [1.29, 1.82) is 0 Å². The van der Waals surface area contributed by atoms with Crippen LogP contribution in [0.3, 0.4) is 0 Å². The lowest BCUT2D eigenvalue weighted by atomic mass is 9.49. The number of hydrogen-bond acceptors (Lipinski definition) is 3. The third-order valence-electron chi connectivity index (χ3n) is 5.15. The van der Waals surface area contributed by atoms with E-state index in [2.05, 4.69) is 0 Å². The van der Waals surface area contributed by atoms with Crippen LogP contribution in [0.25, 0.3) is 0 Å². The van der Waals surface area contributed by atoms with Gasteiger partial charge in [-0.1, -0.05) is 0 Å². The molecule has 0 amide bonds. The van der Waals surface area contributed by atoms with Crippen molar-refractivity contribution >= 4 is 5.78 Å². The zero-order valence-electron chi connectivity index (χ0n) is 11.5. The Hall–Kier alpha value is -0.410. The van der Waals surface area contributed by atoms with Crippen LogP contribution in [0.2, 0.25) is 0 Å².